The first-order valence-electron chi connectivity index (χ1n) is 6.23. The van der Waals surface area contributed by atoms with Crippen molar-refractivity contribution in [1.29, 1.82) is 0 Å². The minimum absolute atomic E-state index is 0.335. The Kier molecular flexibility index (Phi) is 5.16. The number of halogens is 1. The molecule has 0 fully saturated rings. The molecule has 0 saturated carbocycles. The fourth-order valence-corrected chi connectivity index (χ4v) is 1.78. The lowest BCUT2D eigenvalue weighted by molar-refractivity contribution is 0.604. The van der Waals surface area contributed by atoms with E-state index in [-0.39, 0.29) is 5.82 Å². The Balaban J connectivity index is 3.04. The zero-order valence-electron chi connectivity index (χ0n) is 11.3. The van der Waals surface area contributed by atoms with E-state index in [1.165, 1.54) is 17.3 Å². The number of rotatable bonds is 5. The monoisotopic (exact) mass is 251 g/mol. The van der Waals surface area contributed by atoms with Gasteiger partial charge in [-0.15, -0.1) is 0 Å². The summed E-state index contributed by atoms with van der Waals surface area (Å²) in [7, 11) is 0. The highest BCUT2D eigenvalue weighted by atomic mass is 19.1. The Hall–Kier alpha value is -1.55. The highest BCUT2D eigenvalue weighted by molar-refractivity contribution is 5.53. The maximum atomic E-state index is 13.8. The minimum Gasteiger partial charge on any atom is -0.403 e. The summed E-state index contributed by atoms with van der Waals surface area (Å²) in [6.45, 7) is 6.15. The van der Waals surface area contributed by atoms with Gasteiger partial charge in [-0.25, -0.2) is 10.2 Å². The quantitative estimate of drug-likeness (QED) is 0.625. The van der Waals surface area contributed by atoms with Crippen molar-refractivity contribution in [2.24, 2.45) is 17.5 Å². The van der Waals surface area contributed by atoms with E-state index in [4.69, 9.17) is 11.6 Å². The van der Waals surface area contributed by atoms with E-state index in [0.717, 1.165) is 17.7 Å². The minimum atomic E-state index is -0.335. The third kappa shape index (κ3) is 3.47. The molecule has 18 heavy (non-hydrogen) atoms. The Morgan fingerprint density at radius 3 is 2.61 bits per heavy atom. The van der Waals surface area contributed by atoms with Gasteiger partial charge in [-0.05, 0) is 36.5 Å². The maximum Gasteiger partial charge on any atom is 0.148 e. The lowest BCUT2D eigenvalue weighted by Gasteiger charge is -2.24. The van der Waals surface area contributed by atoms with E-state index < -0.39 is 0 Å². The molecule has 4 N–H and O–H groups in total. The fraction of sp³-hybridized carbons (Fsp3) is 0.429. The van der Waals surface area contributed by atoms with Crippen LogP contribution in [-0.2, 0) is 6.42 Å². The highest BCUT2D eigenvalue weighted by Gasteiger charge is 2.14. The largest absolute Gasteiger partial charge is 0.403 e. The zero-order chi connectivity index (χ0) is 13.7. The van der Waals surface area contributed by atoms with Crippen molar-refractivity contribution in [2.75, 3.05) is 5.01 Å². The van der Waals surface area contributed by atoms with Crippen molar-refractivity contribution in [3.8, 4) is 0 Å². The van der Waals surface area contributed by atoms with Gasteiger partial charge < -0.3 is 5.73 Å². The van der Waals surface area contributed by atoms with Gasteiger partial charge in [-0.2, -0.15) is 0 Å². The van der Waals surface area contributed by atoms with E-state index >= 15 is 0 Å². The van der Waals surface area contributed by atoms with Crippen LogP contribution in [-0.4, -0.2) is 0 Å². The van der Waals surface area contributed by atoms with Gasteiger partial charge >= 0.3 is 0 Å². The van der Waals surface area contributed by atoms with Crippen LogP contribution in [0.5, 0.6) is 0 Å². The second-order valence-corrected chi connectivity index (χ2v) is 4.77. The first-order chi connectivity index (χ1) is 8.49. The summed E-state index contributed by atoms with van der Waals surface area (Å²) in [5.74, 6) is 6.04. The number of anilines is 1. The molecule has 0 bridgehead atoms. The molecular formula is C14H22FN3. The smallest absolute Gasteiger partial charge is 0.148 e. The van der Waals surface area contributed by atoms with Crippen LogP contribution in [0.2, 0.25) is 0 Å². The molecule has 1 aromatic carbocycles. The third-order valence-electron chi connectivity index (χ3n) is 2.80. The van der Waals surface area contributed by atoms with Crippen molar-refractivity contribution in [3.05, 3.63) is 41.5 Å². The highest BCUT2D eigenvalue weighted by Crippen LogP contribution is 2.24. The van der Waals surface area contributed by atoms with Crippen LogP contribution in [0, 0.1) is 11.7 Å². The topological polar surface area (TPSA) is 55.3 Å². The van der Waals surface area contributed by atoms with E-state index in [0.29, 0.717) is 18.0 Å². The van der Waals surface area contributed by atoms with Crippen LogP contribution in [0.25, 0.3) is 0 Å². The van der Waals surface area contributed by atoms with Crippen LogP contribution in [0.3, 0.4) is 0 Å². The molecule has 0 unspecified atom stereocenters. The second kappa shape index (κ2) is 6.40. The molecule has 0 heterocycles. The predicted molar refractivity (Wildman–Crippen MR) is 74.2 cm³/mol. The summed E-state index contributed by atoms with van der Waals surface area (Å²) >= 11 is 0. The summed E-state index contributed by atoms with van der Waals surface area (Å²) < 4.78 is 13.8. The number of hydrogen-bond donors (Lipinski definition) is 2. The van der Waals surface area contributed by atoms with Gasteiger partial charge in [0.15, 0.2) is 0 Å². The van der Waals surface area contributed by atoms with Crippen molar-refractivity contribution in [2.45, 2.75) is 33.6 Å². The maximum absolute atomic E-state index is 13.8. The predicted octanol–water partition coefficient (Wildman–Crippen LogP) is 2.91. The molecule has 4 heteroatoms. The number of nitrogens with two attached hydrogens (primary N) is 2. The van der Waals surface area contributed by atoms with E-state index in [1.54, 1.807) is 12.1 Å². The Morgan fingerprint density at radius 2 is 2.11 bits per heavy atom. The Morgan fingerprint density at radius 1 is 1.44 bits per heavy atom. The third-order valence-corrected chi connectivity index (χ3v) is 2.80. The summed E-state index contributed by atoms with van der Waals surface area (Å²) in [5.41, 5.74) is 7.70. The normalized spacial score (nSPS) is 12.0. The first-order valence-corrected chi connectivity index (χ1v) is 6.23. The number of hydrogen-bond acceptors (Lipinski definition) is 3. The molecule has 3 nitrogen and oxygen atoms in total. The standard InChI is InChI=1S/C14H22FN3/c1-4-11-5-6-13(15)14(8-11)18(17)12(9-16)7-10(2)3/h5-6,8-10H,4,7,16-17H2,1-3H3/b12-9-. The van der Waals surface area contributed by atoms with Crippen molar-refractivity contribution >= 4 is 5.69 Å². The molecule has 0 spiro atoms. The van der Waals surface area contributed by atoms with Gasteiger partial charge in [0.25, 0.3) is 0 Å². The molecule has 0 atom stereocenters. The summed E-state index contributed by atoms with van der Waals surface area (Å²) in [6.07, 6.45) is 2.99. The molecule has 0 saturated heterocycles. The first kappa shape index (κ1) is 14.5. The molecule has 1 aromatic rings. The average Bonchev–Trinajstić information content (AvgIpc) is 2.35. The van der Waals surface area contributed by atoms with Crippen LogP contribution >= 0.6 is 0 Å². The molecule has 0 aromatic heterocycles. The average molecular weight is 251 g/mol. The van der Waals surface area contributed by atoms with Gasteiger partial charge in [0, 0.05) is 6.20 Å². The van der Waals surface area contributed by atoms with E-state index in [2.05, 4.69) is 13.8 Å². The van der Waals surface area contributed by atoms with E-state index in [9.17, 15) is 4.39 Å². The number of aryl methyl sites for hydroxylation is 1. The summed E-state index contributed by atoms with van der Waals surface area (Å²) in [4.78, 5) is 0. The van der Waals surface area contributed by atoms with Gasteiger partial charge in [0.2, 0.25) is 0 Å². The molecule has 1 rings (SSSR count). The molecule has 0 radical (unpaired) electrons. The summed E-state index contributed by atoms with van der Waals surface area (Å²) in [6, 6.07) is 4.97. The number of benzene rings is 1. The molecule has 100 valence electrons. The fourth-order valence-electron chi connectivity index (χ4n) is 1.78. The lowest BCUT2D eigenvalue weighted by atomic mass is 10.1. The Bertz CT molecular complexity index is 427. The van der Waals surface area contributed by atoms with Crippen molar-refractivity contribution in [1.82, 2.24) is 0 Å². The van der Waals surface area contributed by atoms with Crippen LogP contribution in [0.1, 0.15) is 32.8 Å². The zero-order valence-corrected chi connectivity index (χ0v) is 11.3. The molecule has 0 amide bonds. The molecule has 0 aliphatic heterocycles. The van der Waals surface area contributed by atoms with Crippen LogP contribution in [0.15, 0.2) is 30.1 Å². The van der Waals surface area contributed by atoms with Gasteiger partial charge in [0.1, 0.15) is 5.82 Å². The van der Waals surface area contributed by atoms with E-state index in [1.807, 2.05) is 6.92 Å². The number of nitrogens with zero attached hydrogens (tertiary/aromatic N) is 1. The lowest BCUT2D eigenvalue weighted by Crippen LogP contribution is -2.32. The van der Waals surface area contributed by atoms with Gasteiger partial charge in [0.05, 0.1) is 11.4 Å². The van der Waals surface area contributed by atoms with Gasteiger partial charge in [-0.3, -0.25) is 5.01 Å². The van der Waals surface area contributed by atoms with Crippen molar-refractivity contribution < 1.29 is 4.39 Å². The Labute approximate surface area is 108 Å². The van der Waals surface area contributed by atoms with Crippen molar-refractivity contribution in [3.63, 3.8) is 0 Å². The number of hydrazine groups is 1. The number of allylic oxidation sites excluding steroid dienone is 1. The molecular weight excluding hydrogens is 229 g/mol. The summed E-state index contributed by atoms with van der Waals surface area (Å²) in [5, 5.41) is 1.34. The van der Waals surface area contributed by atoms with Gasteiger partial charge in [-0.1, -0.05) is 26.8 Å². The SMILES string of the molecule is CCc1ccc(F)c(N(N)/C(=C\N)CC(C)C)c1. The molecule has 0 aliphatic carbocycles. The second-order valence-electron chi connectivity index (χ2n) is 4.77. The van der Waals surface area contributed by atoms with Crippen LogP contribution < -0.4 is 16.6 Å². The van der Waals surface area contributed by atoms with Crippen LogP contribution in [0.4, 0.5) is 10.1 Å². The molecule has 0 aliphatic rings.